The van der Waals surface area contributed by atoms with Gasteiger partial charge in [-0.3, -0.25) is 9.59 Å². The van der Waals surface area contributed by atoms with Crippen LogP contribution in [0.5, 0.6) is 0 Å². The number of aliphatic hydroxyl groups is 2. The van der Waals surface area contributed by atoms with Gasteiger partial charge in [0, 0.05) is 12.8 Å². The van der Waals surface area contributed by atoms with Crippen molar-refractivity contribution in [2.45, 2.75) is 366 Å². The van der Waals surface area contributed by atoms with Crippen molar-refractivity contribution in [3.8, 4) is 0 Å². The highest BCUT2D eigenvalue weighted by Crippen LogP contribution is 2.17. The Morgan fingerprint density at radius 3 is 0.973 bits per heavy atom. The zero-order chi connectivity index (χ0) is 52.9. The fraction of sp³-hybridized carbons (Fsp3) is 0.881. The topological polar surface area (TPSA) is 95.9 Å². The molecule has 3 N–H and O–H groups in total. The van der Waals surface area contributed by atoms with Gasteiger partial charge in [-0.15, -0.1) is 0 Å². The predicted molar refractivity (Wildman–Crippen MR) is 319 cm³/mol. The number of unbranched alkanes of at least 4 members (excludes halogenated alkanes) is 46. The number of nitrogens with one attached hydrogen (secondary N) is 1. The molecule has 0 saturated carbocycles. The molecule has 0 aliphatic heterocycles. The number of aliphatic hydroxyl groups excluding tert-OH is 2. The SMILES string of the molecule is CCCCCCCC/C=C\CCCCCCCCCC(=O)OCCCCCCCCCCC/C=C\CCCCCCCC(=O)NC(CO)C(O)/C=C/CCCCCCCCCCCCCCCCCCCCC. The molecule has 0 fully saturated rings. The summed E-state index contributed by atoms with van der Waals surface area (Å²) in [4.78, 5) is 24.6. The minimum absolute atomic E-state index is 0.000783. The van der Waals surface area contributed by atoms with Gasteiger partial charge in [0.15, 0.2) is 0 Å². The number of carbonyl (C=O) groups is 2. The van der Waals surface area contributed by atoms with Crippen LogP contribution >= 0.6 is 0 Å². The number of allylic oxidation sites excluding steroid dienone is 5. The highest BCUT2D eigenvalue weighted by molar-refractivity contribution is 5.76. The molecule has 2 unspecified atom stereocenters. The first-order chi connectivity index (χ1) is 36.0. The number of amides is 1. The minimum Gasteiger partial charge on any atom is -0.466 e. The van der Waals surface area contributed by atoms with Crippen LogP contribution < -0.4 is 5.32 Å². The zero-order valence-corrected chi connectivity index (χ0v) is 49.1. The highest BCUT2D eigenvalue weighted by Gasteiger charge is 2.18. The van der Waals surface area contributed by atoms with Gasteiger partial charge in [0.05, 0.1) is 25.4 Å². The Morgan fingerprint density at radius 1 is 0.370 bits per heavy atom. The molecular weight excluding hydrogens is 899 g/mol. The minimum atomic E-state index is -0.855. The lowest BCUT2D eigenvalue weighted by atomic mass is 10.0. The second-order valence-corrected chi connectivity index (χ2v) is 22.4. The molecule has 0 aromatic rings. The maximum atomic E-state index is 12.5. The monoisotopic (exact) mass is 1030 g/mol. The number of esters is 1. The Morgan fingerprint density at radius 2 is 0.644 bits per heavy atom. The van der Waals surface area contributed by atoms with E-state index in [4.69, 9.17) is 4.74 Å². The molecule has 6 heteroatoms. The first kappa shape index (κ1) is 71.1. The van der Waals surface area contributed by atoms with E-state index in [0.29, 0.717) is 19.4 Å². The summed E-state index contributed by atoms with van der Waals surface area (Å²) >= 11 is 0. The molecule has 430 valence electrons. The van der Waals surface area contributed by atoms with Crippen LogP contribution in [0.3, 0.4) is 0 Å². The maximum Gasteiger partial charge on any atom is 0.305 e. The van der Waals surface area contributed by atoms with E-state index < -0.39 is 12.1 Å². The Kier molecular flexibility index (Phi) is 61.0. The lowest BCUT2D eigenvalue weighted by Crippen LogP contribution is -2.45. The Hall–Kier alpha value is -1.92. The third kappa shape index (κ3) is 59.2. The van der Waals surface area contributed by atoms with Gasteiger partial charge in [-0.1, -0.05) is 294 Å². The van der Waals surface area contributed by atoms with Crippen molar-refractivity contribution in [3.05, 3.63) is 36.5 Å². The lowest BCUT2D eigenvalue weighted by molar-refractivity contribution is -0.143. The summed E-state index contributed by atoms with van der Waals surface area (Å²) in [5.41, 5.74) is 0. The van der Waals surface area contributed by atoms with Crippen LogP contribution in [0.25, 0.3) is 0 Å². The van der Waals surface area contributed by atoms with Gasteiger partial charge in [-0.25, -0.2) is 0 Å². The quantitative estimate of drug-likeness (QED) is 0.0320. The van der Waals surface area contributed by atoms with Crippen LogP contribution in [-0.4, -0.2) is 47.4 Å². The molecule has 0 aromatic heterocycles. The third-order valence-electron chi connectivity index (χ3n) is 15.1. The number of ether oxygens (including phenoxy) is 1. The summed E-state index contributed by atoms with van der Waals surface area (Å²) < 4.78 is 5.49. The smallest absolute Gasteiger partial charge is 0.305 e. The average molecular weight is 1030 g/mol. The number of carbonyl (C=O) groups excluding carboxylic acids is 2. The lowest BCUT2D eigenvalue weighted by Gasteiger charge is -2.20. The highest BCUT2D eigenvalue weighted by atomic mass is 16.5. The molecule has 0 rings (SSSR count). The molecule has 73 heavy (non-hydrogen) atoms. The molecule has 1 amide bonds. The molecule has 0 aliphatic rings. The van der Waals surface area contributed by atoms with Gasteiger partial charge in [0.2, 0.25) is 5.91 Å². The normalized spacial score (nSPS) is 12.8. The average Bonchev–Trinajstić information content (AvgIpc) is 3.39. The van der Waals surface area contributed by atoms with Gasteiger partial charge in [0.1, 0.15) is 0 Å². The van der Waals surface area contributed by atoms with E-state index in [1.165, 1.54) is 270 Å². The van der Waals surface area contributed by atoms with E-state index in [1.54, 1.807) is 6.08 Å². The molecule has 2 atom stereocenters. The fourth-order valence-electron chi connectivity index (χ4n) is 10.1. The van der Waals surface area contributed by atoms with E-state index in [9.17, 15) is 19.8 Å². The van der Waals surface area contributed by atoms with Crippen molar-refractivity contribution in [1.82, 2.24) is 5.32 Å². The van der Waals surface area contributed by atoms with Gasteiger partial charge >= 0.3 is 5.97 Å². The van der Waals surface area contributed by atoms with E-state index >= 15 is 0 Å². The fourth-order valence-corrected chi connectivity index (χ4v) is 10.1. The summed E-state index contributed by atoms with van der Waals surface area (Å²) in [5, 5.41) is 23.2. The summed E-state index contributed by atoms with van der Waals surface area (Å²) in [6.07, 6.45) is 79.0. The largest absolute Gasteiger partial charge is 0.466 e. The molecule has 0 aromatic carbocycles. The van der Waals surface area contributed by atoms with E-state index in [2.05, 4.69) is 43.5 Å². The molecule has 0 saturated heterocycles. The Balaban J connectivity index is 3.47. The van der Waals surface area contributed by atoms with Crippen molar-refractivity contribution >= 4 is 11.9 Å². The Labute approximate surface area is 455 Å². The number of hydrogen-bond donors (Lipinski definition) is 3. The summed E-state index contributed by atoms with van der Waals surface area (Å²) in [5.74, 6) is -0.0804. The van der Waals surface area contributed by atoms with Crippen molar-refractivity contribution in [1.29, 1.82) is 0 Å². The summed E-state index contributed by atoms with van der Waals surface area (Å²) in [7, 11) is 0. The van der Waals surface area contributed by atoms with Crippen LogP contribution in [0.2, 0.25) is 0 Å². The molecule has 0 heterocycles. The maximum absolute atomic E-state index is 12.5. The number of rotatable bonds is 61. The summed E-state index contributed by atoms with van der Waals surface area (Å²) in [6.45, 7) is 4.91. The molecule has 0 bridgehead atoms. The van der Waals surface area contributed by atoms with Crippen LogP contribution in [0.1, 0.15) is 354 Å². The third-order valence-corrected chi connectivity index (χ3v) is 15.1. The van der Waals surface area contributed by atoms with Crippen molar-refractivity contribution < 1.29 is 24.5 Å². The molecule has 6 nitrogen and oxygen atoms in total. The molecule has 0 aliphatic carbocycles. The second-order valence-electron chi connectivity index (χ2n) is 22.4. The summed E-state index contributed by atoms with van der Waals surface area (Å²) in [6, 6.07) is -0.639. The first-order valence-corrected chi connectivity index (χ1v) is 32.8. The van der Waals surface area contributed by atoms with Crippen LogP contribution in [0.4, 0.5) is 0 Å². The zero-order valence-electron chi connectivity index (χ0n) is 49.1. The van der Waals surface area contributed by atoms with E-state index in [0.717, 1.165) is 57.8 Å². The molecular formula is C67H127NO5. The molecule has 0 spiro atoms. The number of hydrogen-bond acceptors (Lipinski definition) is 5. The standard InChI is InChI=1S/C67H127NO5/c1-3-5-7-9-11-13-15-17-19-21-22-23-24-28-31-35-39-43-47-51-55-59-65(70)64(63-69)68-66(71)60-56-52-48-44-40-36-32-29-25-26-30-34-38-42-46-50-54-58-62-73-67(72)61-57-53-49-45-41-37-33-27-20-18-16-14-12-10-8-6-4-2/h18,20,29,32,55,59,64-65,69-70H,3-17,19,21-28,30-31,33-54,56-58,60-63H2,1-2H3,(H,68,71)/b20-18-,32-29-,59-55+. The Bertz CT molecular complexity index is 1180. The van der Waals surface area contributed by atoms with E-state index in [1.807, 2.05) is 6.08 Å². The molecule has 0 radical (unpaired) electrons. The van der Waals surface area contributed by atoms with Crippen molar-refractivity contribution in [2.75, 3.05) is 13.2 Å². The van der Waals surface area contributed by atoms with Crippen LogP contribution in [0, 0.1) is 0 Å². The van der Waals surface area contributed by atoms with Crippen LogP contribution in [0.15, 0.2) is 36.5 Å². The first-order valence-electron chi connectivity index (χ1n) is 32.8. The predicted octanol–water partition coefficient (Wildman–Crippen LogP) is 20.8. The van der Waals surface area contributed by atoms with Gasteiger partial charge < -0.3 is 20.3 Å². The van der Waals surface area contributed by atoms with E-state index in [-0.39, 0.29) is 18.5 Å². The van der Waals surface area contributed by atoms with Gasteiger partial charge in [-0.05, 0) is 83.5 Å². The van der Waals surface area contributed by atoms with Gasteiger partial charge in [0.25, 0.3) is 0 Å². The van der Waals surface area contributed by atoms with Gasteiger partial charge in [-0.2, -0.15) is 0 Å². The second kappa shape index (κ2) is 62.6. The van der Waals surface area contributed by atoms with Crippen LogP contribution in [-0.2, 0) is 14.3 Å². The van der Waals surface area contributed by atoms with Crippen molar-refractivity contribution in [2.24, 2.45) is 0 Å². The van der Waals surface area contributed by atoms with Crippen molar-refractivity contribution in [3.63, 3.8) is 0 Å².